The average molecular weight is 542 g/mol. The third-order valence-electron chi connectivity index (χ3n) is 4.49. The fourth-order valence-electron chi connectivity index (χ4n) is 2.73. The summed E-state index contributed by atoms with van der Waals surface area (Å²) < 4.78 is 38.7. The Morgan fingerprint density at radius 1 is 0.714 bits per heavy atom. The molecule has 0 heterocycles. The van der Waals surface area contributed by atoms with E-state index in [9.17, 15) is 43.4 Å². The zero-order valence-electron chi connectivity index (χ0n) is 20.2. The third kappa shape index (κ3) is 16.6. The molecule has 0 bridgehead atoms. The maximum Gasteiger partial charge on any atom is 0.333 e. The number of aliphatic hydroxyl groups is 1. The fraction of sp³-hybridized carbons (Fsp3) is 0.619. The number of esters is 2. The Bertz CT molecular complexity index is 872. The van der Waals surface area contributed by atoms with E-state index < -0.39 is 64.1 Å². The second kappa shape index (κ2) is 14.8. The van der Waals surface area contributed by atoms with Gasteiger partial charge in [-0.1, -0.05) is 19.7 Å². The van der Waals surface area contributed by atoms with Gasteiger partial charge in [0.25, 0.3) is 0 Å². The highest BCUT2D eigenvalue weighted by Gasteiger charge is 2.29. The second-order valence-corrected chi connectivity index (χ2v) is 11.8. The fourth-order valence-corrected chi connectivity index (χ4v) is 4.32. The van der Waals surface area contributed by atoms with Crippen LogP contribution in [0, 0.1) is 0 Å². The van der Waals surface area contributed by atoms with Crippen molar-refractivity contribution in [2.75, 3.05) is 12.3 Å². The Hall–Kier alpha value is -1.62. The molecule has 0 saturated carbocycles. The molecule has 0 rings (SSSR count). The molecule has 0 saturated heterocycles. The molecule has 0 aromatic rings. The van der Waals surface area contributed by atoms with Crippen molar-refractivity contribution in [2.24, 2.45) is 0 Å². The Morgan fingerprint density at radius 3 is 1.43 bits per heavy atom. The van der Waals surface area contributed by atoms with Crippen LogP contribution >= 0.6 is 15.2 Å². The van der Waals surface area contributed by atoms with Gasteiger partial charge in [0.15, 0.2) is 6.29 Å². The summed E-state index contributed by atoms with van der Waals surface area (Å²) in [5.41, 5.74) is 0.321. The average Bonchev–Trinajstić information content (AvgIpc) is 2.66. The summed E-state index contributed by atoms with van der Waals surface area (Å²) in [6, 6.07) is 0. The molecule has 5 N–H and O–H groups in total. The van der Waals surface area contributed by atoms with Crippen molar-refractivity contribution < 1.29 is 57.6 Å². The molecule has 4 atom stereocenters. The molecule has 0 aliphatic carbocycles. The first-order valence-electron chi connectivity index (χ1n) is 10.6. The van der Waals surface area contributed by atoms with Crippen molar-refractivity contribution in [1.82, 2.24) is 0 Å². The van der Waals surface area contributed by atoms with Gasteiger partial charge >= 0.3 is 27.1 Å². The highest BCUT2D eigenvalue weighted by molar-refractivity contribution is 7.52. The largest absolute Gasteiger partial charge is 0.459 e. The van der Waals surface area contributed by atoms with E-state index in [0.29, 0.717) is 0 Å². The second-order valence-electron chi connectivity index (χ2n) is 8.42. The van der Waals surface area contributed by atoms with E-state index in [1.165, 1.54) is 20.8 Å². The molecule has 0 amide bonds. The number of hydrogen-bond donors (Lipinski definition) is 5. The highest BCUT2D eigenvalue weighted by Crippen LogP contribution is 2.38. The van der Waals surface area contributed by atoms with Crippen molar-refractivity contribution in [1.29, 1.82) is 0 Å². The lowest BCUT2D eigenvalue weighted by molar-refractivity contribution is -0.149. The van der Waals surface area contributed by atoms with Crippen LogP contribution in [0.4, 0.5) is 0 Å². The summed E-state index contributed by atoms with van der Waals surface area (Å²) >= 11 is 0. The summed E-state index contributed by atoms with van der Waals surface area (Å²) in [4.78, 5) is 61.3. The Balaban J connectivity index is 5.56. The molecule has 0 spiro atoms. The summed E-state index contributed by atoms with van der Waals surface area (Å²) in [5, 5.41) is 9.89. The molecule has 14 heteroatoms. The predicted octanol–water partition coefficient (Wildman–Crippen LogP) is 2.16. The minimum atomic E-state index is -4.56. The lowest BCUT2D eigenvalue weighted by atomic mass is 10.0. The topological polar surface area (TPSA) is 197 Å². The Morgan fingerprint density at radius 2 is 1.06 bits per heavy atom. The van der Waals surface area contributed by atoms with Gasteiger partial charge in [0.05, 0.1) is 18.4 Å². The van der Waals surface area contributed by atoms with Crippen LogP contribution in [0.5, 0.6) is 0 Å². The van der Waals surface area contributed by atoms with E-state index in [-0.39, 0.29) is 42.4 Å². The number of aliphatic hydroxyl groups excluding tert-OH is 1. The van der Waals surface area contributed by atoms with Crippen molar-refractivity contribution in [3.05, 3.63) is 36.5 Å². The summed E-state index contributed by atoms with van der Waals surface area (Å²) in [6.07, 6.45) is -6.36. The molecule has 0 aromatic carbocycles. The molecule has 12 nitrogen and oxygen atoms in total. The molecule has 35 heavy (non-hydrogen) atoms. The van der Waals surface area contributed by atoms with E-state index >= 15 is 0 Å². The van der Waals surface area contributed by atoms with E-state index in [0.717, 1.165) is 0 Å². The number of rotatable bonds is 17. The van der Waals surface area contributed by atoms with Crippen LogP contribution in [0.2, 0.25) is 0 Å². The minimum Gasteiger partial charge on any atom is -0.459 e. The summed E-state index contributed by atoms with van der Waals surface area (Å²) in [5.74, 6) is -1.60. The van der Waals surface area contributed by atoms with Crippen molar-refractivity contribution >= 4 is 27.1 Å². The van der Waals surface area contributed by atoms with E-state index in [1.807, 2.05) is 0 Å². The lowest BCUT2D eigenvalue weighted by Gasteiger charge is -2.26. The summed E-state index contributed by atoms with van der Waals surface area (Å²) in [7, 11) is -9.09. The quantitative estimate of drug-likeness (QED) is 0.0591. The molecule has 0 radical (unpaired) electrons. The standard InChI is InChI=1S/C21H36O12P2/c1-13(2)19(22)31-16(7-9-17(11-34(25,26)27)32-20(23)14(3)4)8-10-18(12-35(28,29)30)33-21(24)15(5)6/h16-18,20,23H,1,3,5,7-12H2,2,4,6H3,(H2,25,26,27)(H2,28,29,30). The van der Waals surface area contributed by atoms with Gasteiger partial charge in [-0.2, -0.15) is 0 Å². The molecular weight excluding hydrogens is 506 g/mol. The van der Waals surface area contributed by atoms with Crippen molar-refractivity contribution in [3.8, 4) is 0 Å². The Labute approximate surface area is 205 Å². The molecule has 0 aliphatic heterocycles. The maximum atomic E-state index is 12.1. The number of carbonyl (C=O) groups is 2. The minimum absolute atomic E-state index is 0.00363. The van der Waals surface area contributed by atoms with Gasteiger partial charge in [-0.3, -0.25) is 9.13 Å². The highest BCUT2D eigenvalue weighted by atomic mass is 31.2. The third-order valence-corrected chi connectivity index (χ3v) is 6.26. The zero-order valence-corrected chi connectivity index (χ0v) is 22.0. The monoisotopic (exact) mass is 542 g/mol. The van der Waals surface area contributed by atoms with Gasteiger partial charge < -0.3 is 38.9 Å². The van der Waals surface area contributed by atoms with E-state index in [4.69, 9.17) is 14.2 Å². The SMILES string of the molecule is C=C(C)C(=O)OC(CCC(CP(=O)(O)O)OC(=O)C(=C)C)CCC(CP(=O)(O)O)OC(O)C(=C)C. The molecule has 0 fully saturated rings. The van der Waals surface area contributed by atoms with Gasteiger partial charge in [-0.05, 0) is 52.0 Å². The number of carbonyl (C=O) groups excluding carboxylic acids is 2. The smallest absolute Gasteiger partial charge is 0.333 e. The summed E-state index contributed by atoms with van der Waals surface area (Å²) in [6.45, 7) is 14.7. The van der Waals surface area contributed by atoms with Crippen LogP contribution in [-0.4, -0.2) is 73.5 Å². The molecule has 0 aromatic heterocycles. The number of ether oxygens (including phenoxy) is 3. The molecule has 0 aliphatic rings. The van der Waals surface area contributed by atoms with Gasteiger partial charge in [0.1, 0.15) is 12.2 Å². The van der Waals surface area contributed by atoms with Crippen LogP contribution in [0.25, 0.3) is 0 Å². The molecule has 4 unspecified atom stereocenters. The van der Waals surface area contributed by atoms with Gasteiger partial charge in [-0.15, -0.1) is 0 Å². The maximum absolute atomic E-state index is 12.1. The van der Waals surface area contributed by atoms with Crippen LogP contribution in [0.15, 0.2) is 36.5 Å². The van der Waals surface area contributed by atoms with Gasteiger partial charge in [0.2, 0.25) is 0 Å². The van der Waals surface area contributed by atoms with Gasteiger partial charge in [-0.25, -0.2) is 9.59 Å². The predicted molar refractivity (Wildman–Crippen MR) is 127 cm³/mol. The van der Waals surface area contributed by atoms with Crippen LogP contribution in [-0.2, 0) is 32.9 Å². The lowest BCUT2D eigenvalue weighted by Crippen LogP contribution is -2.29. The van der Waals surface area contributed by atoms with Crippen LogP contribution in [0.1, 0.15) is 46.5 Å². The van der Waals surface area contributed by atoms with Crippen LogP contribution in [0.3, 0.4) is 0 Å². The number of hydrogen-bond acceptors (Lipinski definition) is 8. The van der Waals surface area contributed by atoms with Crippen molar-refractivity contribution in [2.45, 2.75) is 71.1 Å². The Kier molecular flexibility index (Phi) is 14.1. The normalized spacial score (nSPS) is 15.4. The van der Waals surface area contributed by atoms with Crippen LogP contribution < -0.4 is 0 Å². The molecular formula is C21H36O12P2. The first kappa shape index (κ1) is 33.4. The van der Waals surface area contributed by atoms with Gasteiger partial charge in [0, 0.05) is 11.1 Å². The van der Waals surface area contributed by atoms with Crippen molar-refractivity contribution in [3.63, 3.8) is 0 Å². The first-order valence-corrected chi connectivity index (χ1v) is 14.2. The zero-order chi connectivity index (χ0) is 27.6. The van der Waals surface area contributed by atoms with E-state index in [2.05, 4.69) is 19.7 Å². The van der Waals surface area contributed by atoms with E-state index in [1.54, 1.807) is 0 Å². The molecule has 202 valence electrons. The first-order chi connectivity index (χ1) is 15.8.